The van der Waals surface area contributed by atoms with E-state index in [2.05, 4.69) is 11.4 Å². The molecule has 3 rings (SSSR count). The average Bonchev–Trinajstić information content (AvgIpc) is 2.66. The van der Waals surface area contributed by atoms with Gasteiger partial charge in [0.15, 0.2) is 11.5 Å². The normalized spacial score (nSPS) is 13.0. The van der Waals surface area contributed by atoms with Crippen molar-refractivity contribution >= 4 is 17.4 Å². The highest BCUT2D eigenvalue weighted by Gasteiger charge is 2.23. The number of hydrogen-bond donors (Lipinski definition) is 1. The van der Waals surface area contributed by atoms with Crippen LogP contribution in [0.5, 0.6) is 17.2 Å². The first kappa shape index (κ1) is 17.0. The van der Waals surface area contributed by atoms with Gasteiger partial charge in [0, 0.05) is 24.4 Å². The molecule has 2 aromatic rings. The fraction of sp³-hybridized carbons (Fsp3) is 0.316. The molecule has 0 aromatic heterocycles. The number of urea groups is 1. The van der Waals surface area contributed by atoms with E-state index in [9.17, 15) is 4.79 Å². The molecule has 6 nitrogen and oxygen atoms in total. The molecule has 2 aromatic carbocycles. The third-order valence-electron chi connectivity index (χ3n) is 4.27. The molecule has 2 amide bonds. The first-order valence-electron chi connectivity index (χ1n) is 8.14. The smallest absolute Gasteiger partial charge is 0.326 e. The van der Waals surface area contributed by atoms with Crippen LogP contribution in [0.4, 0.5) is 16.2 Å². The summed E-state index contributed by atoms with van der Waals surface area (Å²) in [5.74, 6) is 1.48. The van der Waals surface area contributed by atoms with E-state index in [1.165, 1.54) is 5.56 Å². The van der Waals surface area contributed by atoms with Crippen LogP contribution in [0.15, 0.2) is 36.4 Å². The van der Waals surface area contributed by atoms with Crippen LogP contribution in [0.3, 0.4) is 0 Å². The predicted molar refractivity (Wildman–Crippen MR) is 97.2 cm³/mol. The monoisotopic (exact) mass is 342 g/mol. The molecule has 25 heavy (non-hydrogen) atoms. The number of hydrogen-bond acceptors (Lipinski definition) is 4. The van der Waals surface area contributed by atoms with Crippen LogP contribution < -0.4 is 24.4 Å². The minimum atomic E-state index is -0.179. The number of aryl methyl sites for hydroxylation is 1. The van der Waals surface area contributed by atoms with Crippen molar-refractivity contribution in [3.05, 3.63) is 42.0 Å². The van der Waals surface area contributed by atoms with Crippen LogP contribution in [0.1, 0.15) is 12.0 Å². The summed E-state index contributed by atoms with van der Waals surface area (Å²) in [6.45, 7) is 0.688. The lowest BCUT2D eigenvalue weighted by Gasteiger charge is -2.29. The van der Waals surface area contributed by atoms with E-state index in [4.69, 9.17) is 14.2 Å². The standard InChI is InChI=1S/C19H22N2O4/c1-23-16-11-14(12-17(24-2)18(16)25-3)20-19(22)21-10-6-8-13-7-4-5-9-15(13)21/h4-5,7,9,11-12H,6,8,10H2,1-3H3,(H,20,22). The second-order valence-electron chi connectivity index (χ2n) is 5.73. The van der Waals surface area contributed by atoms with Crippen molar-refractivity contribution in [2.45, 2.75) is 12.8 Å². The molecule has 0 bridgehead atoms. The van der Waals surface area contributed by atoms with Gasteiger partial charge >= 0.3 is 6.03 Å². The summed E-state index contributed by atoms with van der Waals surface area (Å²) in [4.78, 5) is 14.6. The van der Waals surface area contributed by atoms with Gasteiger partial charge in [-0.2, -0.15) is 0 Å². The molecule has 1 aliphatic heterocycles. The summed E-state index contributed by atoms with van der Waals surface area (Å²) >= 11 is 0. The lowest BCUT2D eigenvalue weighted by Crippen LogP contribution is -2.38. The van der Waals surface area contributed by atoms with Gasteiger partial charge in [0.05, 0.1) is 27.0 Å². The van der Waals surface area contributed by atoms with Crippen molar-refractivity contribution in [2.24, 2.45) is 0 Å². The third kappa shape index (κ3) is 3.33. The Kier molecular flexibility index (Phi) is 4.97. The largest absolute Gasteiger partial charge is 0.493 e. The molecular formula is C19H22N2O4. The number of ether oxygens (including phenoxy) is 3. The summed E-state index contributed by atoms with van der Waals surface area (Å²) in [5, 5.41) is 2.92. The molecule has 1 aliphatic rings. The lowest BCUT2D eigenvalue weighted by molar-refractivity contribution is 0.256. The SMILES string of the molecule is COc1cc(NC(=O)N2CCCc3ccccc32)cc(OC)c1OC. The molecular weight excluding hydrogens is 320 g/mol. The molecule has 0 saturated carbocycles. The second kappa shape index (κ2) is 7.34. The number of fused-ring (bicyclic) bond motifs is 1. The van der Waals surface area contributed by atoms with Crippen molar-refractivity contribution in [1.82, 2.24) is 0 Å². The van der Waals surface area contributed by atoms with Gasteiger partial charge in [-0.05, 0) is 24.5 Å². The van der Waals surface area contributed by atoms with Gasteiger partial charge in [-0.1, -0.05) is 18.2 Å². The molecule has 0 spiro atoms. The maximum Gasteiger partial charge on any atom is 0.326 e. The summed E-state index contributed by atoms with van der Waals surface area (Å²) in [6.07, 6.45) is 1.93. The maximum atomic E-state index is 12.8. The predicted octanol–water partition coefficient (Wildman–Crippen LogP) is 3.70. The zero-order chi connectivity index (χ0) is 17.8. The number of para-hydroxylation sites is 1. The molecule has 1 N–H and O–H groups in total. The Hall–Kier alpha value is -2.89. The van der Waals surface area contributed by atoms with Gasteiger partial charge in [-0.25, -0.2) is 4.79 Å². The summed E-state index contributed by atoms with van der Waals surface area (Å²) in [6, 6.07) is 11.2. The number of amides is 2. The van der Waals surface area contributed by atoms with Crippen molar-refractivity contribution in [3.63, 3.8) is 0 Å². The van der Waals surface area contributed by atoms with Crippen LogP contribution in [0.25, 0.3) is 0 Å². The summed E-state index contributed by atoms with van der Waals surface area (Å²) in [5.41, 5.74) is 2.73. The van der Waals surface area contributed by atoms with Crippen LogP contribution in [-0.4, -0.2) is 33.9 Å². The number of nitrogens with zero attached hydrogens (tertiary/aromatic N) is 1. The van der Waals surface area contributed by atoms with Crippen molar-refractivity contribution in [1.29, 1.82) is 0 Å². The maximum absolute atomic E-state index is 12.8. The zero-order valence-electron chi connectivity index (χ0n) is 14.7. The highest BCUT2D eigenvalue weighted by atomic mass is 16.5. The molecule has 6 heteroatoms. The first-order valence-corrected chi connectivity index (χ1v) is 8.14. The Balaban J connectivity index is 1.87. The van der Waals surface area contributed by atoms with Gasteiger partial charge in [0.1, 0.15) is 0 Å². The fourth-order valence-electron chi connectivity index (χ4n) is 3.09. The van der Waals surface area contributed by atoms with Crippen LogP contribution >= 0.6 is 0 Å². The van der Waals surface area contributed by atoms with E-state index in [0.29, 0.717) is 29.5 Å². The van der Waals surface area contributed by atoms with Crippen molar-refractivity contribution < 1.29 is 19.0 Å². The molecule has 0 fully saturated rings. The molecule has 0 atom stereocenters. The van der Waals surface area contributed by atoms with E-state index in [1.807, 2.05) is 18.2 Å². The molecule has 0 saturated heterocycles. The highest BCUT2D eigenvalue weighted by molar-refractivity contribution is 6.02. The highest BCUT2D eigenvalue weighted by Crippen LogP contribution is 2.40. The first-order chi connectivity index (χ1) is 12.2. The Labute approximate surface area is 147 Å². The van der Waals surface area contributed by atoms with Crippen LogP contribution in [0.2, 0.25) is 0 Å². The zero-order valence-corrected chi connectivity index (χ0v) is 14.7. The lowest BCUT2D eigenvalue weighted by atomic mass is 10.0. The molecule has 0 unspecified atom stereocenters. The van der Waals surface area contributed by atoms with Gasteiger partial charge in [0.2, 0.25) is 5.75 Å². The summed E-state index contributed by atoms with van der Waals surface area (Å²) < 4.78 is 16.0. The van der Waals surface area contributed by atoms with E-state index in [-0.39, 0.29) is 6.03 Å². The molecule has 132 valence electrons. The summed E-state index contributed by atoms with van der Waals surface area (Å²) in [7, 11) is 4.64. The Bertz CT molecular complexity index is 751. The van der Waals surface area contributed by atoms with E-state index < -0.39 is 0 Å². The van der Waals surface area contributed by atoms with E-state index >= 15 is 0 Å². The van der Waals surface area contributed by atoms with Crippen molar-refractivity contribution in [2.75, 3.05) is 38.1 Å². The number of methoxy groups -OCH3 is 3. The number of anilines is 2. The molecule has 0 radical (unpaired) electrons. The number of benzene rings is 2. The number of carbonyl (C=O) groups is 1. The Morgan fingerprint density at radius 2 is 1.72 bits per heavy atom. The quantitative estimate of drug-likeness (QED) is 0.920. The Morgan fingerprint density at radius 3 is 2.36 bits per heavy atom. The molecule has 0 aliphatic carbocycles. The van der Waals surface area contributed by atoms with Crippen LogP contribution in [0, 0.1) is 0 Å². The minimum absolute atomic E-state index is 0.179. The second-order valence-corrected chi connectivity index (χ2v) is 5.73. The van der Waals surface area contributed by atoms with E-state index in [0.717, 1.165) is 18.5 Å². The van der Waals surface area contributed by atoms with Crippen molar-refractivity contribution in [3.8, 4) is 17.2 Å². The Morgan fingerprint density at radius 1 is 1.04 bits per heavy atom. The fourth-order valence-corrected chi connectivity index (χ4v) is 3.09. The van der Waals surface area contributed by atoms with Gasteiger partial charge in [-0.3, -0.25) is 4.90 Å². The number of nitrogens with one attached hydrogen (secondary N) is 1. The number of carbonyl (C=O) groups excluding carboxylic acids is 1. The van der Waals surface area contributed by atoms with Crippen LogP contribution in [-0.2, 0) is 6.42 Å². The average molecular weight is 342 g/mol. The topological polar surface area (TPSA) is 60.0 Å². The molecule has 1 heterocycles. The van der Waals surface area contributed by atoms with E-state index in [1.54, 1.807) is 38.4 Å². The van der Waals surface area contributed by atoms with Gasteiger partial charge in [-0.15, -0.1) is 0 Å². The van der Waals surface area contributed by atoms with Gasteiger partial charge in [0.25, 0.3) is 0 Å². The minimum Gasteiger partial charge on any atom is -0.493 e. The van der Waals surface area contributed by atoms with Gasteiger partial charge < -0.3 is 19.5 Å². The third-order valence-corrected chi connectivity index (χ3v) is 4.27. The number of rotatable bonds is 4.